The lowest BCUT2D eigenvalue weighted by Gasteiger charge is -2.16. The van der Waals surface area contributed by atoms with Crippen molar-refractivity contribution in [3.63, 3.8) is 0 Å². The average Bonchev–Trinajstić information content (AvgIpc) is 2.68. The van der Waals surface area contributed by atoms with Gasteiger partial charge in [-0.05, 0) is 68.7 Å². The topological polar surface area (TPSA) is 70.5 Å². The lowest BCUT2D eigenvalue weighted by molar-refractivity contribution is -0.110. The minimum absolute atomic E-state index is 0.247. The number of carbonyl (C=O) groups excluding carboxylic acids is 1. The second-order valence-corrected chi connectivity index (χ2v) is 7.63. The number of carbonyl (C=O) groups is 1. The Morgan fingerprint density at radius 1 is 0.933 bits per heavy atom. The van der Waals surface area contributed by atoms with Crippen LogP contribution in [0.15, 0.2) is 53.8 Å². The van der Waals surface area contributed by atoms with Crippen molar-refractivity contribution in [1.82, 2.24) is 9.97 Å². The number of aliphatic imine (C=N–C) groups is 1. The van der Waals surface area contributed by atoms with Crippen LogP contribution in [-0.2, 0) is 4.79 Å². The van der Waals surface area contributed by atoms with Gasteiger partial charge in [-0.15, -0.1) is 0 Å². The Balaban J connectivity index is 2.13. The van der Waals surface area contributed by atoms with Crippen molar-refractivity contribution in [2.45, 2.75) is 27.7 Å². The Labute approximate surface area is 177 Å². The molecule has 1 heterocycles. The van der Waals surface area contributed by atoms with Gasteiger partial charge < -0.3 is 4.90 Å². The van der Waals surface area contributed by atoms with Gasteiger partial charge in [0.2, 0.25) is 5.95 Å². The van der Waals surface area contributed by atoms with Crippen molar-refractivity contribution >= 4 is 28.9 Å². The number of anilines is 2. The SMILES string of the molecule is Cc1cc(C)c(C(=Nc2ccc(N(C)C)cc2C)C(=O)Nc2ncccn2)c(C)c1. The van der Waals surface area contributed by atoms with E-state index in [2.05, 4.69) is 33.5 Å². The van der Waals surface area contributed by atoms with Crippen LogP contribution in [0.3, 0.4) is 0 Å². The van der Waals surface area contributed by atoms with E-state index in [1.807, 2.05) is 58.8 Å². The standard InChI is InChI=1S/C24H27N5O/c1-15-12-17(3)21(18(4)13-15)22(23(30)28-24-25-10-7-11-26-24)27-20-9-8-19(29(5)6)14-16(20)2/h7-14H,1-6H3,(H,25,26,28,30). The van der Waals surface area contributed by atoms with Crippen LogP contribution in [0.5, 0.6) is 0 Å². The first-order valence-corrected chi connectivity index (χ1v) is 9.79. The molecule has 0 aliphatic heterocycles. The third kappa shape index (κ3) is 4.71. The number of nitrogens with one attached hydrogen (secondary N) is 1. The lowest BCUT2D eigenvalue weighted by Crippen LogP contribution is -2.26. The fourth-order valence-electron chi connectivity index (χ4n) is 3.46. The van der Waals surface area contributed by atoms with Gasteiger partial charge in [0.25, 0.3) is 5.91 Å². The molecule has 0 saturated heterocycles. The maximum absolute atomic E-state index is 13.3. The highest BCUT2D eigenvalue weighted by Crippen LogP contribution is 2.26. The monoisotopic (exact) mass is 401 g/mol. The van der Waals surface area contributed by atoms with Gasteiger partial charge in [0.05, 0.1) is 5.69 Å². The molecule has 30 heavy (non-hydrogen) atoms. The molecule has 0 aliphatic rings. The smallest absolute Gasteiger partial charge is 0.277 e. The molecule has 0 saturated carbocycles. The summed E-state index contributed by atoms with van der Waals surface area (Å²) < 4.78 is 0. The summed E-state index contributed by atoms with van der Waals surface area (Å²) in [6, 6.07) is 11.8. The van der Waals surface area contributed by atoms with Crippen LogP contribution in [0.2, 0.25) is 0 Å². The van der Waals surface area contributed by atoms with Gasteiger partial charge >= 0.3 is 0 Å². The van der Waals surface area contributed by atoms with Gasteiger partial charge in [-0.25, -0.2) is 15.0 Å². The van der Waals surface area contributed by atoms with Gasteiger partial charge in [0.15, 0.2) is 0 Å². The van der Waals surface area contributed by atoms with Crippen molar-refractivity contribution in [2.24, 2.45) is 4.99 Å². The number of amides is 1. The molecule has 154 valence electrons. The number of nitrogens with zero attached hydrogens (tertiary/aromatic N) is 4. The highest BCUT2D eigenvalue weighted by Gasteiger charge is 2.20. The Morgan fingerprint density at radius 2 is 1.57 bits per heavy atom. The summed E-state index contributed by atoms with van der Waals surface area (Å²) >= 11 is 0. The maximum atomic E-state index is 13.3. The van der Waals surface area contributed by atoms with Gasteiger partial charge in [-0.3, -0.25) is 10.1 Å². The van der Waals surface area contributed by atoms with Crippen LogP contribution < -0.4 is 10.2 Å². The van der Waals surface area contributed by atoms with Crippen LogP contribution in [-0.4, -0.2) is 35.7 Å². The van der Waals surface area contributed by atoms with E-state index in [9.17, 15) is 4.79 Å². The summed E-state index contributed by atoms with van der Waals surface area (Å²) in [5.74, 6) is -0.0929. The highest BCUT2D eigenvalue weighted by atomic mass is 16.2. The molecule has 0 radical (unpaired) electrons. The molecule has 6 heteroatoms. The van der Waals surface area contributed by atoms with Gasteiger partial charge in [0.1, 0.15) is 5.71 Å². The third-order valence-electron chi connectivity index (χ3n) is 4.85. The maximum Gasteiger partial charge on any atom is 0.277 e. The predicted molar refractivity (Wildman–Crippen MR) is 123 cm³/mol. The normalized spacial score (nSPS) is 11.3. The summed E-state index contributed by atoms with van der Waals surface area (Å²) in [7, 11) is 3.99. The van der Waals surface area contributed by atoms with E-state index in [-0.39, 0.29) is 11.9 Å². The van der Waals surface area contributed by atoms with Gasteiger partial charge in [0, 0.05) is 37.7 Å². The Bertz CT molecular complexity index is 1080. The van der Waals surface area contributed by atoms with E-state index in [1.54, 1.807) is 18.5 Å². The second kappa shape index (κ2) is 8.86. The zero-order chi connectivity index (χ0) is 21.8. The fraction of sp³-hybridized carbons (Fsp3) is 0.250. The van der Waals surface area contributed by atoms with Crippen molar-refractivity contribution in [2.75, 3.05) is 24.3 Å². The summed E-state index contributed by atoms with van der Waals surface area (Å²) in [6.45, 7) is 8.04. The van der Waals surface area contributed by atoms with Crippen LogP contribution in [0.25, 0.3) is 0 Å². The van der Waals surface area contributed by atoms with E-state index < -0.39 is 0 Å². The molecular weight excluding hydrogens is 374 g/mol. The number of benzene rings is 2. The Morgan fingerprint density at radius 3 is 2.13 bits per heavy atom. The molecule has 0 spiro atoms. The summed E-state index contributed by atoms with van der Waals surface area (Å²) in [5, 5.41) is 2.78. The Kier molecular flexibility index (Phi) is 6.26. The molecule has 0 bridgehead atoms. The molecule has 1 N–H and O–H groups in total. The molecule has 1 amide bonds. The number of hydrogen-bond acceptors (Lipinski definition) is 5. The molecule has 3 rings (SSSR count). The van der Waals surface area contributed by atoms with Crippen LogP contribution in [0, 0.1) is 27.7 Å². The van der Waals surface area contributed by atoms with Crippen molar-refractivity contribution in [1.29, 1.82) is 0 Å². The zero-order valence-corrected chi connectivity index (χ0v) is 18.3. The molecule has 0 atom stereocenters. The molecule has 2 aromatic carbocycles. The average molecular weight is 402 g/mol. The quantitative estimate of drug-likeness (QED) is 0.638. The Hall–Kier alpha value is -3.54. The minimum atomic E-state index is -0.340. The number of aryl methyl sites for hydroxylation is 4. The van der Waals surface area contributed by atoms with Gasteiger partial charge in [-0.2, -0.15) is 0 Å². The molecule has 6 nitrogen and oxygen atoms in total. The highest BCUT2D eigenvalue weighted by molar-refractivity contribution is 6.49. The lowest BCUT2D eigenvalue weighted by atomic mass is 9.95. The zero-order valence-electron chi connectivity index (χ0n) is 18.3. The van der Waals surface area contributed by atoms with E-state index in [0.717, 1.165) is 39.2 Å². The first kappa shape index (κ1) is 21.2. The van der Waals surface area contributed by atoms with Crippen LogP contribution in [0.4, 0.5) is 17.3 Å². The molecule has 1 aromatic heterocycles. The fourth-order valence-corrected chi connectivity index (χ4v) is 3.46. The van der Waals surface area contributed by atoms with Crippen LogP contribution >= 0.6 is 0 Å². The van der Waals surface area contributed by atoms with Crippen LogP contribution in [0.1, 0.15) is 27.8 Å². The number of rotatable bonds is 5. The molecule has 0 fully saturated rings. The summed E-state index contributed by atoms with van der Waals surface area (Å²) in [4.78, 5) is 28.3. The van der Waals surface area contributed by atoms with Crippen molar-refractivity contribution < 1.29 is 4.79 Å². The summed E-state index contributed by atoms with van der Waals surface area (Å²) in [6.07, 6.45) is 3.18. The third-order valence-corrected chi connectivity index (χ3v) is 4.85. The van der Waals surface area contributed by atoms with E-state index in [4.69, 9.17) is 4.99 Å². The van der Waals surface area contributed by atoms with E-state index >= 15 is 0 Å². The molecule has 3 aromatic rings. The van der Waals surface area contributed by atoms with Gasteiger partial charge in [-0.1, -0.05) is 17.7 Å². The molecule has 0 aliphatic carbocycles. The first-order chi connectivity index (χ1) is 14.3. The largest absolute Gasteiger partial charge is 0.378 e. The van der Waals surface area contributed by atoms with Crippen molar-refractivity contribution in [3.8, 4) is 0 Å². The van der Waals surface area contributed by atoms with Crippen molar-refractivity contribution in [3.05, 3.63) is 76.6 Å². The predicted octanol–water partition coefficient (Wildman–Crippen LogP) is 4.54. The first-order valence-electron chi connectivity index (χ1n) is 9.79. The molecular formula is C24H27N5O. The second-order valence-electron chi connectivity index (χ2n) is 7.63. The molecule has 0 unspecified atom stereocenters. The minimum Gasteiger partial charge on any atom is -0.378 e. The number of hydrogen-bond donors (Lipinski definition) is 1. The summed E-state index contributed by atoms with van der Waals surface area (Å²) in [5.41, 5.74) is 7.13. The van der Waals surface area contributed by atoms with E-state index in [0.29, 0.717) is 5.71 Å². The van der Waals surface area contributed by atoms with E-state index in [1.165, 1.54) is 0 Å². The number of aromatic nitrogens is 2.